The summed E-state index contributed by atoms with van der Waals surface area (Å²) in [6, 6.07) is 2.36. The lowest BCUT2D eigenvalue weighted by molar-refractivity contribution is 0.524. The molecule has 18 heavy (non-hydrogen) atoms. The maximum absolute atomic E-state index is 5.96. The number of fused-ring (bicyclic) bond motifs is 1. The molecule has 0 aromatic carbocycles. The first-order chi connectivity index (χ1) is 8.69. The minimum atomic E-state index is 0.470. The van der Waals surface area contributed by atoms with Gasteiger partial charge in [0, 0.05) is 17.5 Å². The molecule has 2 aromatic heterocycles. The Hall–Kier alpha value is -0.520. The normalized spacial score (nSPS) is 23.9. The second-order valence-corrected chi connectivity index (χ2v) is 6.61. The lowest BCUT2D eigenvalue weighted by atomic mass is 10.2. The quantitative estimate of drug-likeness (QED) is 0.844. The summed E-state index contributed by atoms with van der Waals surface area (Å²) in [4.78, 5) is 7.62. The van der Waals surface area contributed by atoms with Gasteiger partial charge in [-0.1, -0.05) is 11.6 Å². The Morgan fingerprint density at radius 2 is 2.39 bits per heavy atom. The molecule has 0 aliphatic heterocycles. The zero-order valence-electron chi connectivity index (χ0n) is 10.0. The SMILES string of the molecule is CSC1CCC(n2c(=S)[nH]c3cc(Cl)cnc32)C1. The number of hydrogen-bond acceptors (Lipinski definition) is 3. The van der Waals surface area contributed by atoms with Crippen LogP contribution in [0.4, 0.5) is 0 Å². The first kappa shape index (κ1) is 12.5. The predicted octanol–water partition coefficient (Wildman–Crippen LogP) is 4.20. The highest BCUT2D eigenvalue weighted by Crippen LogP contribution is 2.37. The Kier molecular flexibility index (Phi) is 3.38. The van der Waals surface area contributed by atoms with E-state index in [1.807, 2.05) is 17.8 Å². The molecule has 2 heterocycles. The van der Waals surface area contributed by atoms with Gasteiger partial charge in [0.2, 0.25) is 0 Å². The maximum atomic E-state index is 5.96. The van der Waals surface area contributed by atoms with E-state index in [2.05, 4.69) is 20.8 Å². The summed E-state index contributed by atoms with van der Waals surface area (Å²) >= 11 is 13.3. The summed E-state index contributed by atoms with van der Waals surface area (Å²) in [6.07, 6.45) is 7.47. The molecule has 3 nitrogen and oxygen atoms in total. The Morgan fingerprint density at radius 1 is 1.56 bits per heavy atom. The van der Waals surface area contributed by atoms with Crippen LogP contribution in [0.2, 0.25) is 5.02 Å². The van der Waals surface area contributed by atoms with Gasteiger partial charge in [0.05, 0.1) is 10.5 Å². The molecule has 0 saturated heterocycles. The van der Waals surface area contributed by atoms with E-state index in [0.717, 1.165) is 21.2 Å². The van der Waals surface area contributed by atoms with Crippen molar-refractivity contribution in [2.45, 2.75) is 30.6 Å². The number of thioether (sulfide) groups is 1. The molecule has 96 valence electrons. The van der Waals surface area contributed by atoms with Gasteiger partial charge in [0.1, 0.15) is 0 Å². The van der Waals surface area contributed by atoms with Gasteiger partial charge in [-0.05, 0) is 43.8 Å². The number of aromatic nitrogens is 3. The van der Waals surface area contributed by atoms with Crippen molar-refractivity contribution in [1.29, 1.82) is 0 Å². The molecule has 0 amide bonds. The van der Waals surface area contributed by atoms with E-state index in [1.165, 1.54) is 19.3 Å². The molecule has 2 aromatic rings. The zero-order valence-corrected chi connectivity index (χ0v) is 12.4. The minimum Gasteiger partial charge on any atom is -0.329 e. The molecule has 1 aliphatic rings. The Bertz CT molecular complexity index is 634. The third kappa shape index (κ3) is 2.08. The van der Waals surface area contributed by atoms with E-state index < -0.39 is 0 Å². The number of nitrogens with one attached hydrogen (secondary N) is 1. The fourth-order valence-corrected chi connectivity index (χ4v) is 3.98. The molecular weight excluding hydrogens is 286 g/mol. The number of H-pyrrole nitrogens is 1. The van der Waals surface area contributed by atoms with Gasteiger partial charge in [-0.15, -0.1) is 0 Å². The van der Waals surface area contributed by atoms with Gasteiger partial charge in [-0.2, -0.15) is 11.8 Å². The molecule has 2 atom stereocenters. The zero-order chi connectivity index (χ0) is 12.7. The predicted molar refractivity (Wildman–Crippen MR) is 80.1 cm³/mol. The third-order valence-electron chi connectivity index (χ3n) is 3.58. The van der Waals surface area contributed by atoms with Crippen LogP contribution in [0.25, 0.3) is 11.2 Å². The average Bonchev–Trinajstić information content (AvgIpc) is 2.91. The van der Waals surface area contributed by atoms with E-state index in [9.17, 15) is 0 Å². The number of pyridine rings is 1. The van der Waals surface area contributed by atoms with Gasteiger partial charge in [-0.25, -0.2) is 4.98 Å². The van der Waals surface area contributed by atoms with Crippen molar-refractivity contribution >= 4 is 46.7 Å². The monoisotopic (exact) mass is 299 g/mol. The van der Waals surface area contributed by atoms with E-state index in [4.69, 9.17) is 23.8 Å². The minimum absolute atomic E-state index is 0.470. The smallest absolute Gasteiger partial charge is 0.179 e. The van der Waals surface area contributed by atoms with Crippen LogP contribution in [-0.2, 0) is 0 Å². The lowest BCUT2D eigenvalue weighted by Crippen LogP contribution is -2.07. The first-order valence-electron chi connectivity index (χ1n) is 5.97. The molecule has 1 saturated carbocycles. The Balaban J connectivity index is 2.07. The summed E-state index contributed by atoms with van der Waals surface area (Å²) in [5.74, 6) is 0. The molecular formula is C12H14ClN3S2. The first-order valence-corrected chi connectivity index (χ1v) is 8.05. The Morgan fingerprint density at radius 3 is 3.11 bits per heavy atom. The highest BCUT2D eigenvalue weighted by Gasteiger charge is 2.27. The fraction of sp³-hybridized carbons (Fsp3) is 0.500. The summed E-state index contributed by atoms with van der Waals surface area (Å²) in [5, 5.41) is 1.38. The van der Waals surface area contributed by atoms with Crippen LogP contribution in [0.5, 0.6) is 0 Å². The number of imidazole rings is 1. The van der Waals surface area contributed by atoms with Crippen LogP contribution < -0.4 is 0 Å². The summed E-state index contributed by atoms with van der Waals surface area (Å²) in [6.45, 7) is 0. The van der Waals surface area contributed by atoms with E-state index in [0.29, 0.717) is 11.1 Å². The number of hydrogen-bond donors (Lipinski definition) is 1. The number of nitrogens with zero attached hydrogens (tertiary/aromatic N) is 2. The second kappa shape index (κ2) is 4.87. The molecule has 1 fully saturated rings. The standard InChI is InChI=1S/C12H14ClN3S2/c1-18-9-3-2-8(5-9)16-11-10(15-12(16)17)4-7(13)6-14-11/h4,6,8-9H,2-3,5H2,1H3,(H,15,17). The van der Waals surface area contributed by atoms with Gasteiger partial charge in [-0.3, -0.25) is 4.57 Å². The molecule has 0 radical (unpaired) electrons. The molecule has 1 aliphatic carbocycles. The Labute approximate surface area is 120 Å². The summed E-state index contributed by atoms with van der Waals surface area (Å²) < 4.78 is 2.92. The molecule has 2 unspecified atom stereocenters. The van der Waals surface area contributed by atoms with Crippen molar-refractivity contribution in [3.05, 3.63) is 22.1 Å². The van der Waals surface area contributed by atoms with Gasteiger partial charge in [0.25, 0.3) is 0 Å². The maximum Gasteiger partial charge on any atom is 0.179 e. The van der Waals surface area contributed by atoms with E-state index in [-0.39, 0.29) is 0 Å². The number of halogens is 1. The number of rotatable bonds is 2. The van der Waals surface area contributed by atoms with E-state index in [1.54, 1.807) is 6.20 Å². The van der Waals surface area contributed by atoms with Gasteiger partial charge >= 0.3 is 0 Å². The largest absolute Gasteiger partial charge is 0.329 e. The van der Waals surface area contributed by atoms with Crippen LogP contribution >= 0.6 is 35.6 Å². The third-order valence-corrected chi connectivity index (χ3v) is 5.18. The van der Waals surface area contributed by atoms with Crippen LogP contribution in [0, 0.1) is 4.77 Å². The van der Waals surface area contributed by atoms with Crippen molar-refractivity contribution in [3.63, 3.8) is 0 Å². The molecule has 0 spiro atoms. The topological polar surface area (TPSA) is 33.6 Å². The second-order valence-electron chi connectivity index (χ2n) is 4.65. The molecule has 0 bridgehead atoms. The van der Waals surface area contributed by atoms with Crippen LogP contribution in [0.1, 0.15) is 25.3 Å². The van der Waals surface area contributed by atoms with Crippen molar-refractivity contribution < 1.29 is 0 Å². The molecule has 6 heteroatoms. The van der Waals surface area contributed by atoms with Crippen LogP contribution in [0.3, 0.4) is 0 Å². The van der Waals surface area contributed by atoms with Crippen molar-refractivity contribution in [2.24, 2.45) is 0 Å². The van der Waals surface area contributed by atoms with Crippen LogP contribution in [0.15, 0.2) is 12.3 Å². The summed E-state index contributed by atoms with van der Waals surface area (Å²) in [7, 11) is 0. The van der Waals surface area contributed by atoms with Gasteiger partial charge < -0.3 is 4.98 Å². The van der Waals surface area contributed by atoms with Crippen molar-refractivity contribution in [3.8, 4) is 0 Å². The lowest BCUT2D eigenvalue weighted by Gasteiger charge is -2.12. The average molecular weight is 300 g/mol. The van der Waals surface area contributed by atoms with Crippen molar-refractivity contribution in [2.75, 3.05) is 6.26 Å². The molecule has 3 rings (SSSR count). The van der Waals surface area contributed by atoms with Gasteiger partial charge in [0.15, 0.2) is 10.4 Å². The number of aromatic amines is 1. The van der Waals surface area contributed by atoms with Crippen LogP contribution in [-0.4, -0.2) is 26.0 Å². The van der Waals surface area contributed by atoms with E-state index >= 15 is 0 Å². The highest BCUT2D eigenvalue weighted by atomic mass is 35.5. The molecule has 1 N–H and O–H groups in total. The summed E-state index contributed by atoms with van der Waals surface area (Å²) in [5.41, 5.74) is 1.86. The fourth-order valence-electron chi connectivity index (χ4n) is 2.69. The van der Waals surface area contributed by atoms with Crippen molar-refractivity contribution in [1.82, 2.24) is 14.5 Å². The highest BCUT2D eigenvalue weighted by molar-refractivity contribution is 7.99.